The third-order valence-corrected chi connectivity index (χ3v) is 3.35. The van der Waals surface area contributed by atoms with Crippen LogP contribution in [0.5, 0.6) is 5.75 Å². The van der Waals surface area contributed by atoms with E-state index in [1.165, 1.54) is 0 Å². The van der Waals surface area contributed by atoms with Gasteiger partial charge in [0, 0.05) is 11.0 Å². The third kappa shape index (κ3) is 3.01. The summed E-state index contributed by atoms with van der Waals surface area (Å²) in [6.07, 6.45) is 0. The number of phenolic OH excluding ortho intramolecular Hbond substituents is 1. The van der Waals surface area contributed by atoms with E-state index in [4.69, 9.17) is 0 Å². The van der Waals surface area contributed by atoms with Gasteiger partial charge < -0.3 is 10.4 Å². The molecule has 17 heavy (non-hydrogen) atoms. The van der Waals surface area contributed by atoms with E-state index in [1.807, 2.05) is 43.3 Å². The molecule has 0 aliphatic heterocycles. The van der Waals surface area contributed by atoms with Crippen LogP contribution in [0.1, 0.15) is 11.1 Å². The van der Waals surface area contributed by atoms with Gasteiger partial charge in [0.25, 0.3) is 0 Å². The van der Waals surface area contributed by atoms with Gasteiger partial charge in [-0.15, -0.1) is 0 Å². The van der Waals surface area contributed by atoms with Gasteiger partial charge in [-0.2, -0.15) is 0 Å². The van der Waals surface area contributed by atoms with Gasteiger partial charge in [-0.25, -0.2) is 0 Å². The van der Waals surface area contributed by atoms with E-state index >= 15 is 0 Å². The summed E-state index contributed by atoms with van der Waals surface area (Å²) in [7, 11) is 0. The highest BCUT2D eigenvalue weighted by atomic mass is 79.9. The monoisotopic (exact) mass is 291 g/mol. The molecule has 0 aliphatic carbocycles. The number of anilines is 1. The van der Waals surface area contributed by atoms with Crippen LogP contribution in [0, 0.1) is 6.92 Å². The Balaban J connectivity index is 2.10. The average molecular weight is 292 g/mol. The standard InChI is InChI=1S/C14H14BrNO/c1-10-6-7-13(14(17)8-10)16-9-11-4-2-3-5-12(11)15/h2-8,16-17H,9H2,1H3. The van der Waals surface area contributed by atoms with Crippen molar-refractivity contribution in [3.8, 4) is 5.75 Å². The maximum absolute atomic E-state index is 9.76. The molecule has 0 aliphatic rings. The molecule has 2 aromatic carbocycles. The molecular formula is C14H14BrNO. The minimum atomic E-state index is 0.289. The van der Waals surface area contributed by atoms with Gasteiger partial charge in [-0.3, -0.25) is 0 Å². The van der Waals surface area contributed by atoms with E-state index in [1.54, 1.807) is 6.07 Å². The lowest BCUT2D eigenvalue weighted by molar-refractivity contribution is 0.476. The molecule has 0 fully saturated rings. The number of aromatic hydroxyl groups is 1. The number of hydrogen-bond acceptors (Lipinski definition) is 2. The Morgan fingerprint density at radius 2 is 1.94 bits per heavy atom. The van der Waals surface area contributed by atoms with E-state index in [0.717, 1.165) is 21.3 Å². The molecule has 0 amide bonds. The first kappa shape index (κ1) is 12.0. The number of halogens is 1. The first-order valence-electron chi connectivity index (χ1n) is 5.44. The van der Waals surface area contributed by atoms with Crippen molar-refractivity contribution in [2.75, 3.05) is 5.32 Å². The molecule has 2 nitrogen and oxygen atoms in total. The molecule has 2 aromatic rings. The largest absolute Gasteiger partial charge is 0.506 e. The molecule has 0 spiro atoms. The summed E-state index contributed by atoms with van der Waals surface area (Å²) in [5.41, 5.74) is 2.97. The molecule has 0 atom stereocenters. The number of aryl methyl sites for hydroxylation is 1. The van der Waals surface area contributed by atoms with Crippen molar-refractivity contribution in [2.24, 2.45) is 0 Å². The maximum atomic E-state index is 9.76. The Bertz CT molecular complexity index is 525. The Labute approximate surface area is 109 Å². The molecule has 0 bridgehead atoms. The number of benzene rings is 2. The summed E-state index contributed by atoms with van der Waals surface area (Å²) in [5, 5.41) is 13.0. The normalized spacial score (nSPS) is 10.2. The Kier molecular flexibility index (Phi) is 3.69. The molecule has 0 saturated heterocycles. The van der Waals surface area contributed by atoms with Gasteiger partial charge in [0.05, 0.1) is 5.69 Å². The van der Waals surface area contributed by atoms with Crippen molar-refractivity contribution in [3.63, 3.8) is 0 Å². The molecule has 0 radical (unpaired) electrons. The predicted octanol–water partition coefficient (Wildman–Crippen LogP) is 4.08. The fourth-order valence-corrected chi connectivity index (χ4v) is 2.05. The molecule has 0 unspecified atom stereocenters. The van der Waals surface area contributed by atoms with Crippen LogP contribution < -0.4 is 5.32 Å². The number of rotatable bonds is 3. The van der Waals surface area contributed by atoms with E-state index in [2.05, 4.69) is 21.2 Å². The molecule has 3 heteroatoms. The number of nitrogens with one attached hydrogen (secondary N) is 1. The zero-order chi connectivity index (χ0) is 12.3. The lowest BCUT2D eigenvalue weighted by Gasteiger charge is -2.10. The minimum Gasteiger partial charge on any atom is -0.506 e. The second kappa shape index (κ2) is 5.23. The van der Waals surface area contributed by atoms with Crippen molar-refractivity contribution in [2.45, 2.75) is 13.5 Å². The van der Waals surface area contributed by atoms with Crippen molar-refractivity contribution < 1.29 is 5.11 Å². The molecule has 0 aromatic heterocycles. The smallest absolute Gasteiger partial charge is 0.138 e. The number of hydrogen-bond donors (Lipinski definition) is 2. The molecule has 2 N–H and O–H groups in total. The highest BCUT2D eigenvalue weighted by Gasteiger charge is 2.02. The maximum Gasteiger partial charge on any atom is 0.138 e. The first-order valence-corrected chi connectivity index (χ1v) is 6.23. The van der Waals surface area contributed by atoms with Crippen molar-refractivity contribution in [1.29, 1.82) is 0 Å². The molecule has 0 heterocycles. The van der Waals surface area contributed by atoms with Crippen LogP contribution in [0.2, 0.25) is 0 Å². The first-order chi connectivity index (χ1) is 8.16. The summed E-state index contributed by atoms with van der Waals surface area (Å²) in [5.74, 6) is 0.289. The van der Waals surface area contributed by atoms with Crippen LogP contribution in [-0.2, 0) is 6.54 Å². The topological polar surface area (TPSA) is 32.3 Å². The quantitative estimate of drug-likeness (QED) is 0.836. The molecule has 2 rings (SSSR count). The summed E-state index contributed by atoms with van der Waals surface area (Å²) < 4.78 is 1.07. The van der Waals surface area contributed by atoms with Crippen LogP contribution in [0.25, 0.3) is 0 Å². The minimum absolute atomic E-state index is 0.289. The van der Waals surface area contributed by atoms with E-state index in [-0.39, 0.29) is 5.75 Å². The lowest BCUT2D eigenvalue weighted by atomic mass is 10.2. The molecular weight excluding hydrogens is 278 g/mol. The average Bonchev–Trinajstić information content (AvgIpc) is 2.30. The van der Waals surface area contributed by atoms with Gasteiger partial charge in [0.15, 0.2) is 0 Å². The Morgan fingerprint density at radius 3 is 2.65 bits per heavy atom. The SMILES string of the molecule is Cc1ccc(NCc2ccccc2Br)c(O)c1. The molecule has 88 valence electrons. The summed E-state index contributed by atoms with van der Waals surface area (Å²) in [6, 6.07) is 13.6. The Morgan fingerprint density at radius 1 is 1.18 bits per heavy atom. The third-order valence-electron chi connectivity index (χ3n) is 2.58. The highest BCUT2D eigenvalue weighted by molar-refractivity contribution is 9.10. The zero-order valence-corrected chi connectivity index (χ0v) is 11.2. The van der Waals surface area contributed by atoms with Crippen molar-refractivity contribution in [3.05, 3.63) is 58.1 Å². The second-order valence-electron chi connectivity index (χ2n) is 3.97. The summed E-state index contributed by atoms with van der Waals surface area (Å²) in [6.45, 7) is 2.63. The van der Waals surface area contributed by atoms with Gasteiger partial charge in [-0.1, -0.05) is 40.2 Å². The molecule has 0 saturated carbocycles. The van der Waals surface area contributed by atoms with Crippen LogP contribution >= 0.6 is 15.9 Å². The fraction of sp³-hybridized carbons (Fsp3) is 0.143. The van der Waals surface area contributed by atoms with E-state index < -0.39 is 0 Å². The van der Waals surface area contributed by atoms with Gasteiger partial charge in [0.2, 0.25) is 0 Å². The lowest BCUT2D eigenvalue weighted by Crippen LogP contribution is -2.00. The second-order valence-corrected chi connectivity index (χ2v) is 4.82. The van der Waals surface area contributed by atoms with Crippen molar-refractivity contribution in [1.82, 2.24) is 0 Å². The van der Waals surface area contributed by atoms with Crippen LogP contribution in [0.4, 0.5) is 5.69 Å². The summed E-state index contributed by atoms with van der Waals surface area (Å²) in [4.78, 5) is 0. The van der Waals surface area contributed by atoms with E-state index in [9.17, 15) is 5.11 Å². The number of phenols is 1. The highest BCUT2D eigenvalue weighted by Crippen LogP contribution is 2.25. The fourth-order valence-electron chi connectivity index (χ4n) is 1.62. The van der Waals surface area contributed by atoms with Gasteiger partial charge in [-0.05, 0) is 36.2 Å². The summed E-state index contributed by atoms with van der Waals surface area (Å²) >= 11 is 3.50. The van der Waals surface area contributed by atoms with Crippen LogP contribution in [0.3, 0.4) is 0 Å². The van der Waals surface area contributed by atoms with Crippen LogP contribution in [-0.4, -0.2) is 5.11 Å². The van der Waals surface area contributed by atoms with E-state index in [0.29, 0.717) is 6.54 Å². The van der Waals surface area contributed by atoms with Gasteiger partial charge >= 0.3 is 0 Å². The van der Waals surface area contributed by atoms with Crippen molar-refractivity contribution >= 4 is 21.6 Å². The zero-order valence-electron chi connectivity index (χ0n) is 9.57. The Hall–Kier alpha value is -1.48. The van der Waals surface area contributed by atoms with Gasteiger partial charge in [0.1, 0.15) is 5.75 Å². The van der Waals surface area contributed by atoms with Crippen LogP contribution in [0.15, 0.2) is 46.9 Å². The predicted molar refractivity (Wildman–Crippen MR) is 74.3 cm³/mol.